The molecule has 8 heteroatoms. The van der Waals surface area contributed by atoms with E-state index in [1.54, 1.807) is 12.4 Å². The first-order valence-corrected chi connectivity index (χ1v) is 8.09. The number of pyridine rings is 1. The van der Waals surface area contributed by atoms with Gasteiger partial charge in [0, 0.05) is 25.5 Å². The Bertz CT molecular complexity index is 707. The average Bonchev–Trinajstić information content (AvgIpc) is 2.63. The summed E-state index contributed by atoms with van der Waals surface area (Å²) < 4.78 is 5.32. The molecule has 1 fully saturated rings. The molecular formula is C16H18ClN5O2. The number of aromatic nitrogens is 3. The van der Waals surface area contributed by atoms with Crippen molar-refractivity contribution >= 4 is 23.5 Å². The maximum Gasteiger partial charge on any atom is 0.272 e. The maximum absolute atomic E-state index is 12.5. The normalized spacial score (nSPS) is 15.8. The zero-order valence-corrected chi connectivity index (χ0v) is 14.0. The molecule has 1 aliphatic rings. The van der Waals surface area contributed by atoms with Crippen LogP contribution in [0.4, 0.5) is 5.95 Å². The van der Waals surface area contributed by atoms with Gasteiger partial charge in [0.1, 0.15) is 0 Å². The Morgan fingerprint density at radius 2 is 2.04 bits per heavy atom. The Morgan fingerprint density at radius 3 is 2.75 bits per heavy atom. The minimum atomic E-state index is -0.332. The molecule has 0 aliphatic carbocycles. The molecule has 1 saturated heterocycles. The van der Waals surface area contributed by atoms with Gasteiger partial charge < -0.3 is 15.0 Å². The number of ether oxygens (including phenoxy) is 1. The molecule has 0 saturated carbocycles. The third kappa shape index (κ3) is 3.80. The zero-order valence-electron chi connectivity index (χ0n) is 13.3. The summed E-state index contributed by atoms with van der Waals surface area (Å²) in [6.07, 6.45) is 4.84. The summed E-state index contributed by atoms with van der Waals surface area (Å²) in [6.45, 7) is 4.51. The molecule has 0 bridgehead atoms. The second kappa shape index (κ2) is 7.55. The fourth-order valence-electron chi connectivity index (χ4n) is 2.43. The van der Waals surface area contributed by atoms with Crippen molar-refractivity contribution in [1.29, 1.82) is 0 Å². The number of rotatable bonds is 4. The average molecular weight is 348 g/mol. The van der Waals surface area contributed by atoms with Gasteiger partial charge in [0.15, 0.2) is 5.69 Å². The SMILES string of the molecule is C[C@H](NC(=O)c1nc(N2CCOCC2)ncc1Cl)c1ccncc1. The maximum atomic E-state index is 12.5. The van der Waals surface area contributed by atoms with E-state index in [9.17, 15) is 4.79 Å². The number of halogens is 1. The first kappa shape index (κ1) is 16.6. The second-order valence-corrected chi connectivity index (χ2v) is 5.85. The molecule has 0 radical (unpaired) electrons. The van der Waals surface area contributed by atoms with Crippen LogP contribution in [-0.2, 0) is 4.74 Å². The Hall–Kier alpha value is -2.25. The van der Waals surface area contributed by atoms with Gasteiger partial charge in [0.05, 0.1) is 30.5 Å². The third-order valence-corrected chi connectivity index (χ3v) is 4.07. The number of hydrogen-bond donors (Lipinski definition) is 1. The molecule has 0 aromatic carbocycles. The Balaban J connectivity index is 1.76. The van der Waals surface area contributed by atoms with Crippen LogP contribution in [0.3, 0.4) is 0 Å². The van der Waals surface area contributed by atoms with Crippen molar-refractivity contribution < 1.29 is 9.53 Å². The minimum absolute atomic E-state index is 0.175. The topological polar surface area (TPSA) is 80.2 Å². The molecule has 2 aromatic rings. The van der Waals surface area contributed by atoms with E-state index >= 15 is 0 Å². The van der Waals surface area contributed by atoms with E-state index < -0.39 is 0 Å². The Labute approximate surface area is 145 Å². The molecule has 7 nitrogen and oxygen atoms in total. The monoisotopic (exact) mass is 347 g/mol. The van der Waals surface area contributed by atoms with E-state index in [0.717, 1.165) is 5.56 Å². The lowest BCUT2D eigenvalue weighted by Crippen LogP contribution is -2.38. The largest absolute Gasteiger partial charge is 0.378 e. The molecule has 24 heavy (non-hydrogen) atoms. The number of anilines is 1. The van der Waals surface area contributed by atoms with Crippen LogP contribution < -0.4 is 10.2 Å². The highest BCUT2D eigenvalue weighted by atomic mass is 35.5. The summed E-state index contributed by atoms with van der Waals surface area (Å²) in [5.74, 6) is 0.158. The van der Waals surface area contributed by atoms with E-state index in [-0.39, 0.29) is 22.7 Å². The lowest BCUT2D eigenvalue weighted by Gasteiger charge is -2.27. The van der Waals surface area contributed by atoms with E-state index in [1.807, 2.05) is 24.0 Å². The van der Waals surface area contributed by atoms with Gasteiger partial charge in [0.25, 0.3) is 5.91 Å². The van der Waals surface area contributed by atoms with Gasteiger partial charge in [-0.05, 0) is 24.6 Å². The van der Waals surface area contributed by atoms with E-state index in [1.165, 1.54) is 6.20 Å². The molecule has 1 N–H and O–H groups in total. The summed E-state index contributed by atoms with van der Waals surface area (Å²) in [5, 5.41) is 3.13. The van der Waals surface area contributed by atoms with Gasteiger partial charge in [-0.3, -0.25) is 9.78 Å². The smallest absolute Gasteiger partial charge is 0.272 e. The fourth-order valence-corrected chi connectivity index (χ4v) is 2.61. The van der Waals surface area contributed by atoms with Crippen LogP contribution in [0.1, 0.15) is 29.0 Å². The van der Waals surface area contributed by atoms with E-state index in [4.69, 9.17) is 16.3 Å². The number of amides is 1. The highest BCUT2D eigenvalue weighted by Crippen LogP contribution is 2.19. The van der Waals surface area contributed by atoms with Gasteiger partial charge in [-0.1, -0.05) is 11.6 Å². The van der Waals surface area contributed by atoms with Crippen molar-refractivity contribution in [2.75, 3.05) is 31.2 Å². The van der Waals surface area contributed by atoms with Gasteiger partial charge in [-0.15, -0.1) is 0 Å². The number of nitrogens with one attached hydrogen (secondary N) is 1. The van der Waals surface area contributed by atoms with Crippen LogP contribution in [0.2, 0.25) is 5.02 Å². The Kier molecular flexibility index (Phi) is 5.22. The zero-order chi connectivity index (χ0) is 16.9. The molecule has 3 heterocycles. The molecule has 1 amide bonds. The third-order valence-electron chi connectivity index (χ3n) is 3.79. The first-order chi connectivity index (χ1) is 11.6. The summed E-state index contributed by atoms with van der Waals surface area (Å²) in [7, 11) is 0. The second-order valence-electron chi connectivity index (χ2n) is 5.44. The predicted molar refractivity (Wildman–Crippen MR) is 90.2 cm³/mol. The van der Waals surface area contributed by atoms with Gasteiger partial charge in [-0.2, -0.15) is 0 Å². The van der Waals surface area contributed by atoms with Crippen LogP contribution in [0.25, 0.3) is 0 Å². The van der Waals surface area contributed by atoms with Crippen molar-refractivity contribution in [3.8, 4) is 0 Å². The van der Waals surface area contributed by atoms with E-state index in [2.05, 4.69) is 20.3 Å². The predicted octanol–water partition coefficient (Wildman–Crippen LogP) is 1.85. The summed E-state index contributed by atoms with van der Waals surface area (Å²) in [4.78, 5) is 27.1. The molecule has 1 aliphatic heterocycles. The summed E-state index contributed by atoms with van der Waals surface area (Å²) in [5.41, 5.74) is 1.13. The van der Waals surface area contributed by atoms with Crippen LogP contribution in [0, 0.1) is 0 Å². The number of nitrogens with zero attached hydrogens (tertiary/aromatic N) is 4. The Morgan fingerprint density at radius 1 is 1.33 bits per heavy atom. The highest BCUT2D eigenvalue weighted by molar-refractivity contribution is 6.33. The van der Waals surface area contributed by atoms with Crippen molar-refractivity contribution in [1.82, 2.24) is 20.3 Å². The van der Waals surface area contributed by atoms with Crippen LogP contribution in [0.15, 0.2) is 30.7 Å². The number of carbonyl (C=O) groups is 1. The fraction of sp³-hybridized carbons (Fsp3) is 0.375. The summed E-state index contributed by atoms with van der Waals surface area (Å²) >= 11 is 6.12. The molecule has 3 rings (SSSR count). The standard InChI is InChI=1S/C16H18ClN5O2/c1-11(12-2-4-18-5-3-12)20-15(23)14-13(17)10-19-16(21-14)22-6-8-24-9-7-22/h2-5,10-11H,6-9H2,1H3,(H,20,23)/t11-/m0/s1. The quantitative estimate of drug-likeness (QED) is 0.909. The summed E-state index contributed by atoms with van der Waals surface area (Å²) in [6, 6.07) is 3.52. The molecule has 2 aromatic heterocycles. The van der Waals surface area contributed by atoms with Crippen molar-refractivity contribution in [3.05, 3.63) is 47.0 Å². The van der Waals surface area contributed by atoms with Crippen molar-refractivity contribution in [2.24, 2.45) is 0 Å². The highest BCUT2D eigenvalue weighted by Gasteiger charge is 2.20. The van der Waals surface area contributed by atoms with E-state index in [0.29, 0.717) is 32.3 Å². The molecule has 1 atom stereocenters. The number of hydrogen-bond acceptors (Lipinski definition) is 6. The van der Waals surface area contributed by atoms with Crippen LogP contribution in [-0.4, -0.2) is 47.2 Å². The molecular weight excluding hydrogens is 330 g/mol. The van der Waals surface area contributed by atoms with Gasteiger partial charge >= 0.3 is 0 Å². The van der Waals surface area contributed by atoms with Crippen molar-refractivity contribution in [2.45, 2.75) is 13.0 Å². The molecule has 0 unspecified atom stereocenters. The lowest BCUT2D eigenvalue weighted by molar-refractivity contribution is 0.0934. The first-order valence-electron chi connectivity index (χ1n) is 7.71. The van der Waals surface area contributed by atoms with Crippen molar-refractivity contribution in [3.63, 3.8) is 0 Å². The minimum Gasteiger partial charge on any atom is -0.378 e. The van der Waals surface area contributed by atoms with Crippen LogP contribution >= 0.6 is 11.6 Å². The number of carbonyl (C=O) groups excluding carboxylic acids is 1. The number of morpholine rings is 1. The molecule has 126 valence electrons. The van der Waals surface area contributed by atoms with Crippen LogP contribution in [0.5, 0.6) is 0 Å². The lowest BCUT2D eigenvalue weighted by atomic mass is 10.1. The van der Waals surface area contributed by atoms with Gasteiger partial charge in [-0.25, -0.2) is 9.97 Å². The van der Waals surface area contributed by atoms with Gasteiger partial charge in [0.2, 0.25) is 5.95 Å². The molecule has 0 spiro atoms.